The van der Waals surface area contributed by atoms with E-state index in [-0.39, 0.29) is 36.1 Å². The molecule has 1 amide bonds. The number of hydrogen-bond donors (Lipinski definition) is 5. The van der Waals surface area contributed by atoms with E-state index in [0.29, 0.717) is 11.1 Å². The number of phenolic OH excluding ortho intramolecular Hbond substituents is 1. The number of rotatable bonds is 1. The average Bonchev–Trinajstić information content (AvgIpc) is 2.66. The highest BCUT2D eigenvalue weighted by Gasteiger charge is 2.59. The van der Waals surface area contributed by atoms with Gasteiger partial charge in [0.05, 0.1) is 5.56 Å². The molecule has 6 N–H and O–H groups in total. The molecule has 0 saturated carbocycles. The number of allylic oxidation sites excluding steroid dienone is 2. The Morgan fingerprint density at radius 1 is 1.20 bits per heavy atom. The number of Topliss-reactive ketones (excluding diaryl/α,β-unsaturated/α-hetero) is 2. The van der Waals surface area contributed by atoms with Gasteiger partial charge in [-0.1, -0.05) is 5.92 Å². The van der Waals surface area contributed by atoms with Gasteiger partial charge >= 0.3 is 0 Å². The first-order valence-corrected chi connectivity index (χ1v) is 9.37. The summed E-state index contributed by atoms with van der Waals surface area (Å²) in [6.45, 7) is 1.64. The van der Waals surface area contributed by atoms with Gasteiger partial charge in [-0.3, -0.25) is 14.4 Å². The molecule has 0 radical (unpaired) electrons. The normalized spacial score (nSPS) is 27.7. The molecule has 0 spiro atoms. The number of hydrogen-bond acceptors (Lipinski definition) is 7. The van der Waals surface area contributed by atoms with E-state index in [2.05, 4.69) is 11.8 Å². The summed E-state index contributed by atoms with van der Waals surface area (Å²) in [5.41, 5.74) is 2.70. The van der Waals surface area contributed by atoms with Crippen LogP contribution in [-0.2, 0) is 16.0 Å². The van der Waals surface area contributed by atoms with Crippen LogP contribution in [0.5, 0.6) is 5.75 Å². The predicted molar refractivity (Wildman–Crippen MR) is 103 cm³/mol. The summed E-state index contributed by atoms with van der Waals surface area (Å²) < 4.78 is 0. The van der Waals surface area contributed by atoms with Crippen molar-refractivity contribution in [1.82, 2.24) is 0 Å². The van der Waals surface area contributed by atoms with Crippen molar-refractivity contribution in [1.29, 1.82) is 0 Å². The van der Waals surface area contributed by atoms with Crippen molar-refractivity contribution >= 4 is 17.5 Å². The number of ketones is 2. The van der Waals surface area contributed by atoms with Crippen molar-refractivity contribution in [2.75, 3.05) is 0 Å². The fraction of sp³-hybridized carbons (Fsp3) is 0.318. The van der Waals surface area contributed by atoms with Gasteiger partial charge in [0.25, 0.3) is 5.91 Å². The fourth-order valence-corrected chi connectivity index (χ4v) is 4.87. The summed E-state index contributed by atoms with van der Waals surface area (Å²) in [6.07, 6.45) is 0.0848. The molecule has 8 heteroatoms. The van der Waals surface area contributed by atoms with Gasteiger partial charge in [-0.25, -0.2) is 0 Å². The molecule has 30 heavy (non-hydrogen) atoms. The summed E-state index contributed by atoms with van der Waals surface area (Å²) in [4.78, 5) is 37.7. The van der Waals surface area contributed by atoms with Crippen molar-refractivity contribution in [2.45, 2.75) is 31.8 Å². The van der Waals surface area contributed by atoms with E-state index in [1.54, 1.807) is 13.0 Å². The maximum atomic E-state index is 13.2. The van der Waals surface area contributed by atoms with Gasteiger partial charge in [0.2, 0.25) is 5.78 Å². The second-order valence-corrected chi connectivity index (χ2v) is 7.77. The number of phenols is 1. The van der Waals surface area contributed by atoms with Crippen LogP contribution in [0.1, 0.15) is 41.3 Å². The van der Waals surface area contributed by atoms with E-state index in [1.807, 2.05) is 0 Å². The lowest BCUT2D eigenvalue weighted by molar-refractivity contribution is -0.144. The lowest BCUT2D eigenvalue weighted by Gasteiger charge is -2.45. The molecule has 154 valence electrons. The largest absolute Gasteiger partial charge is 0.511 e. The number of fused-ring (bicyclic) bond motifs is 3. The maximum Gasteiger partial charge on any atom is 0.255 e. The number of aliphatic hydroxyl groups is 3. The quantitative estimate of drug-likeness (QED) is 0.341. The van der Waals surface area contributed by atoms with Crippen LogP contribution in [0.2, 0.25) is 0 Å². The molecule has 8 nitrogen and oxygen atoms in total. The number of carbonyl (C=O) groups is 3. The van der Waals surface area contributed by atoms with Crippen LogP contribution < -0.4 is 5.73 Å². The Kier molecular flexibility index (Phi) is 4.26. The Morgan fingerprint density at radius 3 is 2.53 bits per heavy atom. The van der Waals surface area contributed by atoms with Gasteiger partial charge in [-0.05, 0) is 43.4 Å². The van der Waals surface area contributed by atoms with E-state index >= 15 is 0 Å². The Morgan fingerprint density at radius 2 is 1.90 bits per heavy atom. The van der Waals surface area contributed by atoms with Gasteiger partial charge in [0.1, 0.15) is 22.8 Å². The number of benzene rings is 1. The molecule has 3 aliphatic carbocycles. The lowest BCUT2D eigenvalue weighted by atomic mass is 9.60. The van der Waals surface area contributed by atoms with Gasteiger partial charge in [-0.2, -0.15) is 0 Å². The molecule has 0 bridgehead atoms. The fourth-order valence-electron chi connectivity index (χ4n) is 4.87. The number of carbonyl (C=O) groups excluding carboxylic acids is 3. The smallest absolute Gasteiger partial charge is 0.255 e. The Bertz CT molecular complexity index is 1160. The number of primary amides is 1. The first kappa shape index (κ1) is 19.7. The molecule has 4 rings (SSSR count). The summed E-state index contributed by atoms with van der Waals surface area (Å²) in [5.74, 6) is -0.747. The van der Waals surface area contributed by atoms with Crippen molar-refractivity contribution < 1.29 is 34.8 Å². The minimum Gasteiger partial charge on any atom is -0.511 e. The second kappa shape index (κ2) is 6.47. The van der Waals surface area contributed by atoms with Crippen LogP contribution in [0.4, 0.5) is 0 Å². The highest BCUT2D eigenvalue weighted by molar-refractivity contribution is 6.24. The average molecular weight is 409 g/mol. The molecule has 3 aliphatic rings. The van der Waals surface area contributed by atoms with E-state index < -0.39 is 52.0 Å². The van der Waals surface area contributed by atoms with E-state index in [1.165, 1.54) is 6.07 Å². The molecule has 0 saturated heterocycles. The van der Waals surface area contributed by atoms with Crippen molar-refractivity contribution in [3.63, 3.8) is 0 Å². The standard InChI is InChI=1S/C22H19NO7/c1-2-3-9-4-5-13(24)16-12(9)7-10-6-11-8-14(25)17(21(23)29)20(28)22(11,30)19(27)15(10)18(16)26/h4-5,10-11,24-25,27,30H,6-8H2,1H3,(H2,23,29)/t10?,11?,22-/m0/s1. The second-order valence-electron chi connectivity index (χ2n) is 7.77. The third-order valence-corrected chi connectivity index (χ3v) is 6.20. The zero-order chi connectivity index (χ0) is 22.0. The molecule has 0 aliphatic heterocycles. The Hall–Kier alpha value is -3.57. The highest BCUT2D eigenvalue weighted by atomic mass is 16.3. The van der Waals surface area contributed by atoms with E-state index in [0.717, 1.165) is 0 Å². The van der Waals surface area contributed by atoms with Crippen molar-refractivity contribution in [2.24, 2.45) is 17.6 Å². The zero-order valence-corrected chi connectivity index (χ0v) is 16.0. The summed E-state index contributed by atoms with van der Waals surface area (Å²) in [5, 5.41) is 42.5. The molecule has 0 aromatic heterocycles. The highest BCUT2D eigenvalue weighted by Crippen LogP contribution is 2.51. The van der Waals surface area contributed by atoms with E-state index in [4.69, 9.17) is 5.73 Å². The minimum absolute atomic E-state index is 0.0353. The van der Waals surface area contributed by atoms with Crippen LogP contribution in [-0.4, -0.2) is 43.5 Å². The van der Waals surface area contributed by atoms with Crippen LogP contribution in [0.3, 0.4) is 0 Å². The van der Waals surface area contributed by atoms with Gasteiger partial charge in [-0.15, -0.1) is 5.92 Å². The summed E-state index contributed by atoms with van der Waals surface area (Å²) in [7, 11) is 0. The van der Waals surface area contributed by atoms with Gasteiger partial charge in [0, 0.05) is 23.5 Å². The molecule has 3 atom stereocenters. The third-order valence-electron chi connectivity index (χ3n) is 6.20. The number of aromatic hydroxyl groups is 1. The first-order valence-electron chi connectivity index (χ1n) is 9.37. The number of aliphatic hydroxyl groups excluding tert-OH is 2. The third kappa shape index (κ3) is 2.42. The maximum absolute atomic E-state index is 13.2. The van der Waals surface area contributed by atoms with Crippen molar-refractivity contribution in [3.05, 3.63) is 51.5 Å². The molecule has 0 heterocycles. The Balaban J connectivity index is 1.93. The molecule has 0 fully saturated rings. The van der Waals surface area contributed by atoms with Crippen molar-refractivity contribution in [3.8, 4) is 17.6 Å². The summed E-state index contributed by atoms with van der Waals surface area (Å²) >= 11 is 0. The molecule has 1 aromatic carbocycles. The Labute approximate surface area is 171 Å². The SMILES string of the molecule is CC#Cc1ccc(O)c2c1CC1CC3CC(O)=C(C(N)=O)C(=O)[C@@]3(O)C(O)=C1C2=O. The molecule has 1 aromatic rings. The van der Waals surface area contributed by atoms with Gasteiger partial charge in [0.15, 0.2) is 11.4 Å². The van der Waals surface area contributed by atoms with Gasteiger partial charge < -0.3 is 26.2 Å². The predicted octanol–water partition coefficient (Wildman–Crippen LogP) is 0.952. The molecular weight excluding hydrogens is 390 g/mol. The van der Waals surface area contributed by atoms with Crippen LogP contribution in [0.15, 0.2) is 34.8 Å². The number of nitrogens with two attached hydrogens (primary N) is 1. The monoisotopic (exact) mass is 409 g/mol. The van der Waals surface area contributed by atoms with Crippen LogP contribution in [0, 0.1) is 23.7 Å². The topological polar surface area (TPSA) is 158 Å². The minimum atomic E-state index is -2.55. The molecular formula is C22H19NO7. The zero-order valence-electron chi connectivity index (χ0n) is 16.0. The van der Waals surface area contributed by atoms with Crippen LogP contribution in [0.25, 0.3) is 0 Å². The van der Waals surface area contributed by atoms with Crippen LogP contribution >= 0.6 is 0 Å². The van der Waals surface area contributed by atoms with E-state index in [9.17, 15) is 34.8 Å². The first-order chi connectivity index (χ1) is 14.1. The lowest BCUT2D eigenvalue weighted by Crippen LogP contribution is -2.57. The molecule has 2 unspecified atom stereocenters. The summed E-state index contributed by atoms with van der Waals surface area (Å²) in [6, 6.07) is 2.93. The number of amides is 1.